The van der Waals surface area contributed by atoms with E-state index in [1.165, 1.54) is 0 Å². The van der Waals surface area contributed by atoms with Crippen LogP contribution in [0.3, 0.4) is 0 Å². The van der Waals surface area contributed by atoms with Gasteiger partial charge in [-0.05, 0) is 41.0 Å². The van der Waals surface area contributed by atoms with Crippen LogP contribution in [0.1, 0.15) is 0 Å². The van der Waals surface area contributed by atoms with E-state index in [1.807, 2.05) is 140 Å². The fourth-order valence-corrected chi connectivity index (χ4v) is 7.82. The zero-order valence-corrected chi connectivity index (χ0v) is 32.7. The van der Waals surface area contributed by atoms with Gasteiger partial charge in [-0.15, -0.1) is 0 Å². The Kier molecular flexibility index (Phi) is 9.02. The summed E-state index contributed by atoms with van der Waals surface area (Å²) in [7, 11) is 0. The Morgan fingerprint density at radius 3 is 1.15 bits per heavy atom. The lowest BCUT2D eigenvalue weighted by Crippen LogP contribution is -2.00. The summed E-state index contributed by atoms with van der Waals surface area (Å²) in [6.45, 7) is 0. The van der Waals surface area contributed by atoms with Gasteiger partial charge in [0.2, 0.25) is 0 Å². The maximum Gasteiger partial charge on any atom is 0.164 e. The number of hydrogen-bond acceptors (Lipinski definition) is 7. The first kappa shape index (κ1) is 35.7. The van der Waals surface area contributed by atoms with E-state index >= 15 is 0 Å². The number of aromatic nitrogens is 6. The van der Waals surface area contributed by atoms with E-state index in [-0.39, 0.29) is 0 Å². The maximum absolute atomic E-state index is 6.83. The molecule has 0 N–H and O–H groups in total. The number of fused-ring (bicyclic) bond motifs is 3. The topological polar surface area (TPSA) is 90.5 Å². The molecular weight excluding hydrogens is 749 g/mol. The van der Waals surface area contributed by atoms with Crippen LogP contribution >= 0.6 is 0 Å². The van der Waals surface area contributed by atoms with Gasteiger partial charge < -0.3 is 4.42 Å². The van der Waals surface area contributed by atoms with Crippen molar-refractivity contribution in [1.29, 1.82) is 0 Å². The summed E-state index contributed by atoms with van der Waals surface area (Å²) in [4.78, 5) is 30.2. The van der Waals surface area contributed by atoms with Crippen LogP contribution in [0.5, 0.6) is 0 Å². The quantitative estimate of drug-likeness (QED) is 0.152. The second-order valence-corrected chi connectivity index (χ2v) is 14.7. The van der Waals surface area contributed by atoms with Crippen molar-refractivity contribution in [3.8, 4) is 90.6 Å². The molecule has 3 heterocycles. The molecule has 0 aliphatic heterocycles. The first-order valence-corrected chi connectivity index (χ1v) is 20.1. The maximum atomic E-state index is 6.83. The van der Waals surface area contributed by atoms with Gasteiger partial charge in [-0.1, -0.05) is 182 Å². The molecule has 3 aromatic heterocycles. The fourth-order valence-electron chi connectivity index (χ4n) is 7.82. The molecular formula is C54H34N6O. The number of nitrogens with zero attached hydrogens (tertiary/aromatic N) is 6. The van der Waals surface area contributed by atoms with Crippen molar-refractivity contribution in [3.63, 3.8) is 0 Å². The highest BCUT2D eigenvalue weighted by molar-refractivity contribution is 6.16. The highest BCUT2D eigenvalue weighted by Crippen LogP contribution is 2.43. The molecule has 11 rings (SSSR count). The minimum Gasteiger partial charge on any atom is -0.455 e. The van der Waals surface area contributed by atoms with Gasteiger partial charge in [0, 0.05) is 49.7 Å². The molecule has 11 aromatic rings. The van der Waals surface area contributed by atoms with Crippen LogP contribution in [-0.4, -0.2) is 29.9 Å². The summed E-state index contributed by atoms with van der Waals surface area (Å²) in [6.07, 6.45) is 0. The summed E-state index contributed by atoms with van der Waals surface area (Å²) < 4.78 is 6.83. The van der Waals surface area contributed by atoms with Crippen LogP contribution in [0.15, 0.2) is 211 Å². The molecule has 7 nitrogen and oxygen atoms in total. The molecule has 0 aliphatic carbocycles. The monoisotopic (exact) mass is 782 g/mol. The van der Waals surface area contributed by atoms with Gasteiger partial charge in [-0.3, -0.25) is 0 Å². The standard InChI is InChI=1S/C54H34N6O/c1-6-18-35(19-7-1)44-33-42(40-28-16-29-41(32-40)53-57-49(36-20-8-2-9-21-36)55-50(58-53)37-22-10-3-11-23-37)34-45-47-43(30-17-31-46(47)61-48(44)45)54-59-51(38-24-12-4-13-25-38)56-52(60-54)39-26-14-5-15-27-39/h1-34H. The van der Waals surface area contributed by atoms with E-state index in [1.54, 1.807) is 0 Å². The molecule has 286 valence electrons. The molecule has 0 bridgehead atoms. The van der Waals surface area contributed by atoms with Crippen LogP contribution in [0.4, 0.5) is 0 Å². The molecule has 0 saturated carbocycles. The lowest BCUT2D eigenvalue weighted by atomic mass is 9.94. The van der Waals surface area contributed by atoms with Gasteiger partial charge in [-0.2, -0.15) is 0 Å². The van der Waals surface area contributed by atoms with E-state index in [0.717, 1.165) is 77.6 Å². The highest BCUT2D eigenvalue weighted by atomic mass is 16.3. The Morgan fingerprint density at radius 2 is 0.656 bits per heavy atom. The lowest BCUT2D eigenvalue weighted by Gasteiger charge is -2.11. The molecule has 0 spiro atoms. The average molecular weight is 783 g/mol. The van der Waals surface area contributed by atoms with E-state index in [4.69, 9.17) is 34.3 Å². The van der Waals surface area contributed by atoms with Crippen molar-refractivity contribution in [2.24, 2.45) is 0 Å². The Bertz CT molecular complexity index is 3220. The van der Waals surface area contributed by atoms with Crippen molar-refractivity contribution in [1.82, 2.24) is 29.9 Å². The van der Waals surface area contributed by atoms with Gasteiger partial charge in [0.05, 0.1) is 0 Å². The summed E-state index contributed by atoms with van der Waals surface area (Å²) in [5.74, 6) is 3.58. The average Bonchev–Trinajstić information content (AvgIpc) is 3.74. The third-order valence-corrected chi connectivity index (χ3v) is 10.8. The molecule has 0 aliphatic rings. The predicted octanol–water partition coefficient (Wildman–Crippen LogP) is 13.3. The number of rotatable bonds is 8. The van der Waals surface area contributed by atoms with Crippen LogP contribution in [-0.2, 0) is 0 Å². The molecule has 8 aromatic carbocycles. The zero-order chi connectivity index (χ0) is 40.5. The minimum atomic E-state index is 0.563. The lowest BCUT2D eigenvalue weighted by molar-refractivity contribution is 0.670. The van der Waals surface area contributed by atoms with Crippen molar-refractivity contribution < 1.29 is 4.42 Å². The van der Waals surface area contributed by atoms with E-state index in [9.17, 15) is 0 Å². The molecule has 0 saturated heterocycles. The van der Waals surface area contributed by atoms with E-state index in [0.29, 0.717) is 34.9 Å². The summed E-state index contributed by atoms with van der Waals surface area (Å²) in [6, 6.07) is 69.4. The van der Waals surface area contributed by atoms with Crippen molar-refractivity contribution >= 4 is 21.9 Å². The summed E-state index contributed by atoms with van der Waals surface area (Å²) in [5.41, 5.74) is 10.9. The van der Waals surface area contributed by atoms with Crippen LogP contribution in [0.2, 0.25) is 0 Å². The Hall–Kier alpha value is -8.42. The number of furan rings is 1. The van der Waals surface area contributed by atoms with Crippen molar-refractivity contribution in [3.05, 3.63) is 206 Å². The van der Waals surface area contributed by atoms with Crippen LogP contribution < -0.4 is 0 Å². The molecule has 61 heavy (non-hydrogen) atoms. The third kappa shape index (κ3) is 6.90. The second-order valence-electron chi connectivity index (χ2n) is 14.7. The van der Waals surface area contributed by atoms with Gasteiger partial charge in [-0.25, -0.2) is 29.9 Å². The molecule has 0 unspecified atom stereocenters. The first-order chi connectivity index (χ1) is 30.2. The summed E-state index contributed by atoms with van der Waals surface area (Å²) in [5, 5.41) is 1.88. The molecule has 0 radical (unpaired) electrons. The summed E-state index contributed by atoms with van der Waals surface area (Å²) >= 11 is 0. The fraction of sp³-hybridized carbons (Fsp3) is 0. The van der Waals surface area contributed by atoms with E-state index < -0.39 is 0 Å². The molecule has 0 amide bonds. The van der Waals surface area contributed by atoms with Gasteiger partial charge >= 0.3 is 0 Å². The predicted molar refractivity (Wildman–Crippen MR) is 244 cm³/mol. The van der Waals surface area contributed by atoms with Crippen molar-refractivity contribution in [2.75, 3.05) is 0 Å². The van der Waals surface area contributed by atoms with Gasteiger partial charge in [0.25, 0.3) is 0 Å². The SMILES string of the molecule is c1ccc(-c2nc(-c3ccccc3)nc(-c3cccc(-c4cc(-c5ccccc5)c5oc6cccc(-c7nc(-c8ccccc8)nc(-c8ccccc8)n7)c6c5c4)c3)n2)cc1. The Balaban J connectivity index is 1.12. The van der Waals surface area contributed by atoms with Crippen molar-refractivity contribution in [2.45, 2.75) is 0 Å². The smallest absolute Gasteiger partial charge is 0.164 e. The highest BCUT2D eigenvalue weighted by Gasteiger charge is 2.21. The van der Waals surface area contributed by atoms with Crippen LogP contribution in [0.25, 0.3) is 113 Å². The van der Waals surface area contributed by atoms with Gasteiger partial charge in [0.1, 0.15) is 11.2 Å². The molecule has 7 heteroatoms. The normalized spacial score (nSPS) is 11.3. The first-order valence-electron chi connectivity index (χ1n) is 20.1. The minimum absolute atomic E-state index is 0.563. The largest absolute Gasteiger partial charge is 0.455 e. The number of hydrogen-bond donors (Lipinski definition) is 0. The molecule has 0 fully saturated rings. The second kappa shape index (κ2) is 15.4. The zero-order valence-electron chi connectivity index (χ0n) is 32.7. The number of benzene rings is 8. The molecule has 0 atom stereocenters. The van der Waals surface area contributed by atoms with Crippen LogP contribution in [0, 0.1) is 0 Å². The van der Waals surface area contributed by atoms with Gasteiger partial charge in [0.15, 0.2) is 34.9 Å². The van der Waals surface area contributed by atoms with E-state index in [2.05, 4.69) is 66.7 Å². The third-order valence-electron chi connectivity index (χ3n) is 10.8. The Labute approximate surface area is 351 Å². The Morgan fingerprint density at radius 1 is 0.262 bits per heavy atom.